The van der Waals surface area contributed by atoms with Gasteiger partial charge in [-0.2, -0.15) is 10.4 Å². The van der Waals surface area contributed by atoms with Crippen LogP contribution in [0.1, 0.15) is 49.7 Å². The van der Waals surface area contributed by atoms with Gasteiger partial charge in [0.05, 0.1) is 12.3 Å². The van der Waals surface area contributed by atoms with Crippen LogP contribution >= 0.6 is 0 Å². The lowest BCUT2D eigenvalue weighted by Gasteiger charge is -2.39. The minimum atomic E-state index is 0.369. The van der Waals surface area contributed by atoms with Gasteiger partial charge in [0.25, 0.3) is 0 Å². The van der Waals surface area contributed by atoms with E-state index in [1.807, 2.05) is 19.9 Å². The Labute approximate surface area is 169 Å². The SMILES string of the molecule is Cc1cc(Nc2cnc3nc(C)n(C4C[C@H]5CC[C@@H](C4)N5CCC#N)c3n2)n[nH]1. The molecule has 3 atom stereocenters. The minimum absolute atomic E-state index is 0.369. The summed E-state index contributed by atoms with van der Waals surface area (Å²) in [5, 5.41) is 19.3. The number of rotatable bonds is 5. The van der Waals surface area contributed by atoms with Crippen molar-refractivity contribution in [3.05, 3.63) is 23.8 Å². The van der Waals surface area contributed by atoms with Gasteiger partial charge in [0.15, 0.2) is 22.9 Å². The quantitative estimate of drug-likeness (QED) is 0.687. The highest BCUT2D eigenvalue weighted by molar-refractivity contribution is 5.70. The molecule has 2 aliphatic rings. The van der Waals surface area contributed by atoms with Crippen molar-refractivity contribution in [3.8, 4) is 6.07 Å². The van der Waals surface area contributed by atoms with Gasteiger partial charge in [0.2, 0.25) is 0 Å². The summed E-state index contributed by atoms with van der Waals surface area (Å²) >= 11 is 0. The number of nitriles is 1. The van der Waals surface area contributed by atoms with Gasteiger partial charge >= 0.3 is 0 Å². The van der Waals surface area contributed by atoms with Crippen LogP contribution in [-0.4, -0.2) is 53.2 Å². The van der Waals surface area contributed by atoms with Gasteiger partial charge in [0, 0.05) is 42.9 Å². The topological polar surface area (TPSA) is 111 Å². The number of hydrogen-bond donors (Lipinski definition) is 2. The second-order valence-electron chi connectivity index (χ2n) is 8.15. The molecule has 0 radical (unpaired) electrons. The van der Waals surface area contributed by atoms with Crippen molar-refractivity contribution in [1.29, 1.82) is 5.26 Å². The lowest BCUT2D eigenvalue weighted by molar-refractivity contribution is 0.110. The molecule has 2 saturated heterocycles. The van der Waals surface area contributed by atoms with Crippen molar-refractivity contribution in [1.82, 2.24) is 34.6 Å². The molecule has 2 bridgehead atoms. The Balaban J connectivity index is 1.43. The van der Waals surface area contributed by atoms with Crippen molar-refractivity contribution in [3.63, 3.8) is 0 Å². The van der Waals surface area contributed by atoms with Crippen LogP contribution in [0.5, 0.6) is 0 Å². The zero-order chi connectivity index (χ0) is 20.0. The monoisotopic (exact) mass is 391 g/mol. The number of nitrogens with one attached hydrogen (secondary N) is 2. The van der Waals surface area contributed by atoms with E-state index in [1.54, 1.807) is 6.20 Å². The Morgan fingerprint density at radius 3 is 2.66 bits per heavy atom. The summed E-state index contributed by atoms with van der Waals surface area (Å²) < 4.78 is 2.27. The normalized spacial score (nSPS) is 24.1. The fourth-order valence-electron chi connectivity index (χ4n) is 5.08. The zero-order valence-corrected chi connectivity index (χ0v) is 16.8. The molecule has 1 unspecified atom stereocenters. The average Bonchev–Trinajstić information content (AvgIpc) is 3.32. The van der Waals surface area contributed by atoms with Crippen LogP contribution in [0.15, 0.2) is 12.3 Å². The first-order valence-electron chi connectivity index (χ1n) is 10.3. The Morgan fingerprint density at radius 2 is 1.97 bits per heavy atom. The largest absolute Gasteiger partial charge is 0.322 e. The molecule has 2 fully saturated rings. The minimum Gasteiger partial charge on any atom is -0.322 e. The number of aromatic nitrogens is 6. The summed E-state index contributed by atoms with van der Waals surface area (Å²) in [4.78, 5) is 16.6. The number of aryl methyl sites for hydroxylation is 2. The van der Waals surface area contributed by atoms with Gasteiger partial charge < -0.3 is 9.88 Å². The number of piperidine rings is 1. The van der Waals surface area contributed by atoms with Crippen LogP contribution in [0.4, 0.5) is 11.6 Å². The summed E-state index contributed by atoms with van der Waals surface area (Å²) in [6.07, 6.45) is 6.90. The molecule has 5 rings (SSSR count). The van der Waals surface area contributed by atoms with Crippen LogP contribution in [0.25, 0.3) is 11.3 Å². The van der Waals surface area contributed by atoms with Crippen molar-refractivity contribution in [2.45, 2.75) is 64.1 Å². The molecule has 2 N–H and O–H groups in total. The van der Waals surface area contributed by atoms with E-state index >= 15 is 0 Å². The summed E-state index contributed by atoms with van der Waals surface area (Å²) in [7, 11) is 0. The Morgan fingerprint density at radius 1 is 1.17 bits per heavy atom. The number of nitrogens with zero attached hydrogens (tertiary/aromatic N) is 7. The molecule has 0 aromatic carbocycles. The van der Waals surface area contributed by atoms with E-state index in [0.29, 0.717) is 36.0 Å². The first-order chi connectivity index (χ1) is 14.1. The number of H-pyrrole nitrogens is 1. The highest BCUT2D eigenvalue weighted by Crippen LogP contribution is 2.42. The van der Waals surface area contributed by atoms with Crippen LogP contribution < -0.4 is 5.32 Å². The van der Waals surface area contributed by atoms with Crippen molar-refractivity contribution in [2.24, 2.45) is 0 Å². The second-order valence-corrected chi connectivity index (χ2v) is 8.15. The summed E-state index contributed by atoms with van der Waals surface area (Å²) in [6, 6.07) is 5.69. The molecule has 0 saturated carbocycles. The predicted octanol–water partition coefficient (Wildman–Crippen LogP) is 2.99. The van der Waals surface area contributed by atoms with E-state index in [-0.39, 0.29) is 0 Å². The molecule has 5 heterocycles. The van der Waals surface area contributed by atoms with E-state index in [2.05, 4.69) is 41.0 Å². The molecule has 0 spiro atoms. The van der Waals surface area contributed by atoms with Gasteiger partial charge in [-0.05, 0) is 39.5 Å². The van der Waals surface area contributed by atoms with Crippen molar-refractivity contribution in [2.75, 3.05) is 11.9 Å². The number of hydrogen-bond acceptors (Lipinski definition) is 7. The zero-order valence-electron chi connectivity index (χ0n) is 16.8. The third-order valence-electron chi connectivity index (χ3n) is 6.25. The molecule has 3 aromatic rings. The summed E-state index contributed by atoms with van der Waals surface area (Å²) in [6.45, 7) is 4.89. The van der Waals surface area contributed by atoms with Gasteiger partial charge in [-0.3, -0.25) is 10.00 Å². The molecule has 2 aliphatic heterocycles. The molecule has 29 heavy (non-hydrogen) atoms. The lowest BCUT2D eigenvalue weighted by atomic mass is 9.96. The van der Waals surface area contributed by atoms with E-state index in [0.717, 1.165) is 42.4 Å². The molecule has 0 amide bonds. The standard InChI is InChI=1S/C20H25N9/c1-12-8-17(27-26-12)24-18-11-22-19-20(25-18)29(13(2)23-19)16-9-14-4-5-15(10-16)28(14)7-3-6-21/h8,11,14-16H,3-5,7,9-10H2,1-2H3,(H2,24,25,26,27)/t14-,15+,16?. The maximum atomic E-state index is 8.96. The van der Waals surface area contributed by atoms with Gasteiger partial charge in [-0.1, -0.05) is 0 Å². The fourth-order valence-corrected chi connectivity index (χ4v) is 5.08. The lowest BCUT2D eigenvalue weighted by Crippen LogP contribution is -2.43. The second kappa shape index (κ2) is 7.12. The van der Waals surface area contributed by atoms with Gasteiger partial charge in [0.1, 0.15) is 5.82 Å². The number of anilines is 2. The fraction of sp³-hybridized carbons (Fsp3) is 0.550. The third kappa shape index (κ3) is 3.23. The Kier molecular flexibility index (Phi) is 4.43. The molecule has 9 heteroatoms. The molecular weight excluding hydrogens is 366 g/mol. The highest BCUT2D eigenvalue weighted by Gasteiger charge is 2.41. The molecule has 3 aromatic heterocycles. The van der Waals surface area contributed by atoms with Crippen LogP contribution in [0.2, 0.25) is 0 Å². The van der Waals surface area contributed by atoms with E-state index in [1.165, 1.54) is 12.8 Å². The van der Waals surface area contributed by atoms with E-state index < -0.39 is 0 Å². The molecule has 150 valence electrons. The first-order valence-corrected chi connectivity index (χ1v) is 10.3. The molecule has 9 nitrogen and oxygen atoms in total. The average molecular weight is 391 g/mol. The van der Waals surface area contributed by atoms with Crippen LogP contribution in [0, 0.1) is 25.2 Å². The van der Waals surface area contributed by atoms with Crippen molar-refractivity contribution >= 4 is 22.9 Å². The molecular formula is C20H25N9. The summed E-state index contributed by atoms with van der Waals surface area (Å²) in [5.41, 5.74) is 2.50. The Hall–Kier alpha value is -2.99. The van der Waals surface area contributed by atoms with Gasteiger partial charge in [-0.25, -0.2) is 15.0 Å². The maximum absolute atomic E-state index is 8.96. The van der Waals surface area contributed by atoms with E-state index in [4.69, 9.17) is 10.2 Å². The summed E-state index contributed by atoms with van der Waals surface area (Å²) in [5.74, 6) is 2.35. The smallest absolute Gasteiger partial charge is 0.197 e. The number of imidazole rings is 1. The number of fused-ring (bicyclic) bond motifs is 3. The van der Waals surface area contributed by atoms with Crippen molar-refractivity contribution < 1.29 is 0 Å². The van der Waals surface area contributed by atoms with Gasteiger partial charge in [-0.15, -0.1) is 0 Å². The van der Waals surface area contributed by atoms with Crippen LogP contribution in [0.3, 0.4) is 0 Å². The maximum Gasteiger partial charge on any atom is 0.197 e. The number of aromatic amines is 1. The predicted molar refractivity (Wildman–Crippen MR) is 109 cm³/mol. The highest BCUT2D eigenvalue weighted by atomic mass is 15.3. The third-order valence-corrected chi connectivity index (χ3v) is 6.25. The van der Waals surface area contributed by atoms with E-state index in [9.17, 15) is 0 Å². The van der Waals surface area contributed by atoms with Crippen LogP contribution in [-0.2, 0) is 0 Å². The Bertz CT molecular complexity index is 1060. The molecule has 0 aliphatic carbocycles. The first kappa shape index (κ1) is 18.1.